The van der Waals surface area contributed by atoms with Crippen LogP contribution >= 0.6 is 0 Å². The van der Waals surface area contributed by atoms with Crippen molar-refractivity contribution in [3.05, 3.63) is 23.4 Å². The normalized spacial score (nSPS) is 11.7. The number of aromatic nitrogens is 1. The summed E-state index contributed by atoms with van der Waals surface area (Å²) in [4.78, 5) is 5.44. The van der Waals surface area contributed by atoms with Gasteiger partial charge in [-0.15, -0.1) is 0 Å². The zero-order valence-corrected chi connectivity index (χ0v) is 10.6. The summed E-state index contributed by atoms with van der Waals surface area (Å²) in [5.74, 6) is 0.344. The Hall–Kier alpha value is -1.30. The van der Waals surface area contributed by atoms with E-state index in [4.69, 9.17) is 5.73 Å². The average Bonchev–Trinajstić information content (AvgIpc) is 2.26. The Morgan fingerprint density at radius 2 is 2.00 bits per heavy atom. The van der Waals surface area contributed by atoms with E-state index >= 15 is 0 Å². The van der Waals surface area contributed by atoms with E-state index in [1.165, 1.54) is 4.90 Å². The summed E-state index contributed by atoms with van der Waals surface area (Å²) in [5.41, 5.74) is 6.87. The first-order chi connectivity index (χ1) is 8.37. The van der Waals surface area contributed by atoms with Crippen LogP contribution in [0.15, 0.2) is 12.1 Å². The number of anilines is 1. The Bertz CT molecular complexity index is 391. The summed E-state index contributed by atoms with van der Waals surface area (Å²) in [5, 5.41) is 0. The molecule has 0 saturated carbocycles. The van der Waals surface area contributed by atoms with Crippen LogP contribution < -0.4 is 10.6 Å². The number of alkyl halides is 3. The number of nitrogens with zero attached hydrogens (tertiary/aromatic N) is 2. The number of hydrogen-bond donors (Lipinski definition) is 1. The van der Waals surface area contributed by atoms with Gasteiger partial charge in [0.15, 0.2) is 0 Å². The monoisotopic (exact) mass is 261 g/mol. The lowest BCUT2D eigenvalue weighted by Crippen LogP contribution is -2.36. The number of nitrogens with two attached hydrogens (primary N) is 1. The van der Waals surface area contributed by atoms with Crippen LogP contribution in [-0.2, 0) is 6.54 Å². The molecular weight excluding hydrogens is 243 g/mol. The van der Waals surface area contributed by atoms with Crippen LogP contribution in [0.1, 0.15) is 24.6 Å². The van der Waals surface area contributed by atoms with E-state index in [1.807, 2.05) is 6.92 Å². The van der Waals surface area contributed by atoms with Crippen LogP contribution in [-0.4, -0.2) is 24.2 Å². The second-order valence-electron chi connectivity index (χ2n) is 4.18. The van der Waals surface area contributed by atoms with Crippen LogP contribution in [0.2, 0.25) is 0 Å². The van der Waals surface area contributed by atoms with Gasteiger partial charge in [0.05, 0.1) is 0 Å². The molecule has 0 aliphatic heterocycles. The molecule has 0 saturated heterocycles. The minimum atomic E-state index is -4.24. The molecule has 3 nitrogen and oxygen atoms in total. The molecule has 0 amide bonds. The van der Waals surface area contributed by atoms with Crippen LogP contribution in [0.3, 0.4) is 0 Å². The Morgan fingerprint density at radius 3 is 2.50 bits per heavy atom. The van der Waals surface area contributed by atoms with Crippen LogP contribution in [0.5, 0.6) is 0 Å². The van der Waals surface area contributed by atoms with Crippen LogP contribution in [0.4, 0.5) is 19.0 Å². The van der Waals surface area contributed by atoms with E-state index in [2.05, 4.69) is 4.98 Å². The van der Waals surface area contributed by atoms with Crippen molar-refractivity contribution >= 4 is 5.82 Å². The van der Waals surface area contributed by atoms with Crippen molar-refractivity contribution in [2.75, 3.05) is 18.0 Å². The molecule has 1 rings (SSSR count). The fraction of sp³-hybridized carbons (Fsp3) is 0.583. The van der Waals surface area contributed by atoms with Gasteiger partial charge in [0, 0.05) is 24.3 Å². The van der Waals surface area contributed by atoms with Gasteiger partial charge in [0.25, 0.3) is 0 Å². The maximum absolute atomic E-state index is 12.6. The van der Waals surface area contributed by atoms with Crippen molar-refractivity contribution in [2.24, 2.45) is 5.73 Å². The smallest absolute Gasteiger partial charge is 0.347 e. The molecule has 1 heterocycles. The third-order valence-corrected chi connectivity index (χ3v) is 2.48. The minimum Gasteiger partial charge on any atom is -0.347 e. The third kappa shape index (κ3) is 4.18. The molecule has 0 aliphatic rings. The molecule has 0 bridgehead atoms. The number of halogens is 3. The van der Waals surface area contributed by atoms with Gasteiger partial charge in [-0.2, -0.15) is 13.2 Å². The van der Waals surface area contributed by atoms with E-state index in [9.17, 15) is 13.2 Å². The first-order valence-electron chi connectivity index (χ1n) is 5.85. The SMILES string of the molecule is CCCN(CC(F)(F)F)c1nc(C)ccc1CN. The van der Waals surface area contributed by atoms with E-state index in [1.54, 1.807) is 19.1 Å². The Morgan fingerprint density at radius 1 is 1.33 bits per heavy atom. The molecule has 0 radical (unpaired) electrons. The minimum absolute atomic E-state index is 0.181. The summed E-state index contributed by atoms with van der Waals surface area (Å²) in [7, 11) is 0. The van der Waals surface area contributed by atoms with Crippen molar-refractivity contribution in [1.29, 1.82) is 0 Å². The largest absolute Gasteiger partial charge is 0.405 e. The fourth-order valence-corrected chi connectivity index (χ4v) is 1.75. The highest BCUT2D eigenvalue weighted by Crippen LogP contribution is 2.24. The second kappa shape index (κ2) is 6.04. The van der Waals surface area contributed by atoms with Crippen LogP contribution in [0, 0.1) is 6.92 Å². The summed E-state index contributed by atoms with van der Waals surface area (Å²) < 4.78 is 37.7. The molecule has 0 atom stereocenters. The van der Waals surface area contributed by atoms with Gasteiger partial charge < -0.3 is 10.6 Å². The average molecular weight is 261 g/mol. The highest BCUT2D eigenvalue weighted by molar-refractivity contribution is 5.48. The Kier molecular flexibility index (Phi) is 4.95. The standard InChI is InChI=1S/C12H18F3N3/c1-3-6-18(8-12(13,14)15)11-10(7-16)5-4-9(2)17-11/h4-5H,3,6-8,16H2,1-2H3. The van der Waals surface area contributed by atoms with Crippen molar-refractivity contribution in [2.45, 2.75) is 33.0 Å². The van der Waals surface area contributed by atoms with E-state index in [0.29, 0.717) is 30.0 Å². The van der Waals surface area contributed by atoms with Gasteiger partial charge >= 0.3 is 6.18 Å². The second-order valence-corrected chi connectivity index (χ2v) is 4.18. The van der Waals surface area contributed by atoms with Gasteiger partial charge in [0.2, 0.25) is 0 Å². The molecule has 0 unspecified atom stereocenters. The molecule has 2 N–H and O–H groups in total. The van der Waals surface area contributed by atoms with Gasteiger partial charge in [-0.25, -0.2) is 4.98 Å². The summed E-state index contributed by atoms with van der Waals surface area (Å²) >= 11 is 0. The van der Waals surface area contributed by atoms with Crippen molar-refractivity contribution < 1.29 is 13.2 Å². The van der Waals surface area contributed by atoms with E-state index in [-0.39, 0.29) is 6.54 Å². The molecule has 1 aromatic heterocycles. The first-order valence-corrected chi connectivity index (χ1v) is 5.85. The molecule has 0 aliphatic carbocycles. The van der Waals surface area contributed by atoms with Gasteiger partial charge in [-0.1, -0.05) is 13.0 Å². The number of aryl methyl sites for hydroxylation is 1. The van der Waals surface area contributed by atoms with Crippen molar-refractivity contribution in [3.8, 4) is 0 Å². The molecular formula is C12H18F3N3. The summed E-state index contributed by atoms with van der Waals surface area (Å²) in [6.07, 6.45) is -3.62. The summed E-state index contributed by atoms with van der Waals surface area (Å²) in [6.45, 7) is 3.08. The molecule has 6 heteroatoms. The lowest BCUT2D eigenvalue weighted by atomic mass is 10.2. The van der Waals surface area contributed by atoms with E-state index < -0.39 is 12.7 Å². The number of rotatable bonds is 5. The van der Waals surface area contributed by atoms with E-state index in [0.717, 1.165) is 0 Å². The molecule has 0 spiro atoms. The lowest BCUT2D eigenvalue weighted by Gasteiger charge is -2.26. The molecule has 102 valence electrons. The lowest BCUT2D eigenvalue weighted by molar-refractivity contribution is -0.119. The predicted octanol–water partition coefficient (Wildman–Crippen LogP) is 2.63. The molecule has 0 fully saturated rings. The number of pyridine rings is 1. The number of hydrogen-bond acceptors (Lipinski definition) is 3. The third-order valence-electron chi connectivity index (χ3n) is 2.48. The zero-order valence-electron chi connectivity index (χ0n) is 10.6. The fourth-order valence-electron chi connectivity index (χ4n) is 1.75. The van der Waals surface area contributed by atoms with Crippen LogP contribution in [0.25, 0.3) is 0 Å². The topological polar surface area (TPSA) is 42.2 Å². The first kappa shape index (κ1) is 14.8. The predicted molar refractivity (Wildman–Crippen MR) is 65.4 cm³/mol. The Labute approximate surface area is 105 Å². The molecule has 18 heavy (non-hydrogen) atoms. The molecule has 0 aromatic carbocycles. The van der Waals surface area contributed by atoms with Gasteiger partial charge in [-0.3, -0.25) is 0 Å². The molecule has 1 aromatic rings. The quantitative estimate of drug-likeness (QED) is 0.886. The highest BCUT2D eigenvalue weighted by Gasteiger charge is 2.31. The van der Waals surface area contributed by atoms with Gasteiger partial charge in [0.1, 0.15) is 12.4 Å². The van der Waals surface area contributed by atoms with Crippen molar-refractivity contribution in [1.82, 2.24) is 4.98 Å². The van der Waals surface area contributed by atoms with Gasteiger partial charge in [-0.05, 0) is 19.4 Å². The summed E-state index contributed by atoms with van der Waals surface area (Å²) in [6, 6.07) is 3.49. The highest BCUT2D eigenvalue weighted by atomic mass is 19.4. The maximum Gasteiger partial charge on any atom is 0.405 e. The van der Waals surface area contributed by atoms with Crippen molar-refractivity contribution in [3.63, 3.8) is 0 Å². The Balaban J connectivity index is 3.07. The zero-order chi connectivity index (χ0) is 13.8. The maximum atomic E-state index is 12.6.